The highest BCUT2D eigenvalue weighted by Crippen LogP contribution is 2.18. The van der Waals surface area contributed by atoms with Gasteiger partial charge in [0.15, 0.2) is 5.82 Å². The summed E-state index contributed by atoms with van der Waals surface area (Å²) in [5, 5.41) is 0. The Morgan fingerprint density at radius 1 is 1.42 bits per heavy atom. The van der Waals surface area contributed by atoms with E-state index >= 15 is 0 Å². The molecule has 3 N–H and O–H groups in total. The number of hydrogen-bond donors (Lipinski definition) is 2. The Morgan fingerprint density at radius 2 is 2.21 bits per heavy atom. The fraction of sp³-hybridized carbons (Fsp3) is 0.667. The number of nitrogens with one attached hydrogen (secondary N) is 1. The Labute approximate surface area is 112 Å². The molecule has 1 aliphatic heterocycles. The summed E-state index contributed by atoms with van der Waals surface area (Å²) in [6, 6.07) is 1.68. The summed E-state index contributed by atoms with van der Waals surface area (Å²) < 4.78 is 16.0. The molecule has 1 aromatic heterocycles. The van der Waals surface area contributed by atoms with Crippen LogP contribution >= 0.6 is 0 Å². The highest BCUT2D eigenvalue weighted by atomic mass is 16.5. The lowest BCUT2D eigenvalue weighted by atomic mass is 10.0. The Bertz CT molecular complexity index is 397. The first-order valence-electron chi connectivity index (χ1n) is 6.36. The molecule has 1 aromatic rings. The Kier molecular flexibility index (Phi) is 5.31. The molecule has 2 heterocycles. The third-order valence-corrected chi connectivity index (χ3v) is 2.98. The van der Waals surface area contributed by atoms with Crippen molar-refractivity contribution in [1.82, 2.24) is 9.97 Å². The summed E-state index contributed by atoms with van der Waals surface area (Å²) in [6.45, 7) is 2.57. The van der Waals surface area contributed by atoms with Crippen molar-refractivity contribution in [3.8, 4) is 5.88 Å². The van der Waals surface area contributed by atoms with Gasteiger partial charge in [0.2, 0.25) is 5.88 Å². The van der Waals surface area contributed by atoms with Crippen LogP contribution in [-0.4, -0.2) is 36.9 Å². The number of hydrogen-bond acceptors (Lipinski definition) is 7. The van der Waals surface area contributed by atoms with Crippen molar-refractivity contribution in [2.75, 3.05) is 32.4 Å². The Morgan fingerprint density at radius 3 is 2.89 bits per heavy atom. The van der Waals surface area contributed by atoms with Gasteiger partial charge < -0.3 is 19.6 Å². The summed E-state index contributed by atoms with van der Waals surface area (Å²) in [6.07, 6.45) is 2.05. The van der Waals surface area contributed by atoms with Gasteiger partial charge in [0, 0.05) is 26.4 Å². The lowest BCUT2D eigenvalue weighted by Gasteiger charge is -2.21. The number of aromatic nitrogens is 2. The van der Waals surface area contributed by atoms with E-state index in [2.05, 4.69) is 15.4 Å². The van der Waals surface area contributed by atoms with Gasteiger partial charge in [-0.15, -0.1) is 0 Å². The fourth-order valence-corrected chi connectivity index (χ4v) is 1.93. The number of nitrogens with zero attached hydrogens (tertiary/aromatic N) is 2. The minimum atomic E-state index is 0.323. The normalized spacial score (nSPS) is 16.3. The van der Waals surface area contributed by atoms with Gasteiger partial charge in [0.25, 0.3) is 0 Å². The molecule has 106 valence electrons. The third-order valence-electron chi connectivity index (χ3n) is 2.98. The predicted molar refractivity (Wildman–Crippen MR) is 69.6 cm³/mol. The number of methoxy groups -OCH3 is 1. The van der Waals surface area contributed by atoms with Crippen LogP contribution in [0.4, 0.5) is 5.82 Å². The van der Waals surface area contributed by atoms with Crippen LogP contribution in [0.5, 0.6) is 5.88 Å². The van der Waals surface area contributed by atoms with E-state index in [0.717, 1.165) is 26.1 Å². The van der Waals surface area contributed by atoms with Crippen molar-refractivity contribution in [2.24, 2.45) is 11.8 Å². The Balaban J connectivity index is 1.95. The molecular weight excluding hydrogens is 248 g/mol. The van der Waals surface area contributed by atoms with Gasteiger partial charge in [-0.3, -0.25) is 0 Å². The zero-order valence-electron chi connectivity index (χ0n) is 11.1. The molecule has 0 unspecified atom stereocenters. The minimum Gasteiger partial charge on any atom is -0.477 e. The van der Waals surface area contributed by atoms with Gasteiger partial charge in [-0.1, -0.05) is 0 Å². The first kappa shape index (κ1) is 14.0. The van der Waals surface area contributed by atoms with Gasteiger partial charge in [0.1, 0.15) is 12.4 Å². The zero-order valence-corrected chi connectivity index (χ0v) is 11.1. The second-order valence-electron chi connectivity index (χ2n) is 4.45. The molecule has 0 saturated carbocycles. The maximum absolute atomic E-state index is 5.72. The highest BCUT2D eigenvalue weighted by molar-refractivity contribution is 5.36. The first-order chi connectivity index (χ1) is 9.31. The molecular formula is C12H20N4O3. The van der Waals surface area contributed by atoms with Crippen LogP contribution in [0.3, 0.4) is 0 Å². The molecule has 7 heteroatoms. The molecule has 0 amide bonds. The molecule has 19 heavy (non-hydrogen) atoms. The highest BCUT2D eigenvalue weighted by Gasteiger charge is 2.15. The minimum absolute atomic E-state index is 0.323. The summed E-state index contributed by atoms with van der Waals surface area (Å²) in [5.41, 5.74) is 2.50. The molecule has 0 aliphatic carbocycles. The largest absolute Gasteiger partial charge is 0.477 e. The topological polar surface area (TPSA) is 91.5 Å². The van der Waals surface area contributed by atoms with E-state index < -0.39 is 0 Å². The monoisotopic (exact) mass is 268 g/mol. The van der Waals surface area contributed by atoms with Crippen LogP contribution in [0.15, 0.2) is 6.07 Å². The van der Waals surface area contributed by atoms with Crippen LogP contribution in [0.2, 0.25) is 0 Å². The first-order valence-corrected chi connectivity index (χ1v) is 6.36. The van der Waals surface area contributed by atoms with Crippen molar-refractivity contribution in [1.29, 1.82) is 0 Å². The lowest BCUT2D eigenvalue weighted by Crippen LogP contribution is -2.22. The van der Waals surface area contributed by atoms with Gasteiger partial charge >= 0.3 is 0 Å². The molecule has 0 spiro atoms. The van der Waals surface area contributed by atoms with Gasteiger partial charge in [-0.25, -0.2) is 10.8 Å². The standard InChI is InChI=1S/C12H20N4O3/c1-17-8-11-14-10(16-13)6-12(15-11)19-7-9-2-4-18-5-3-9/h6,9H,2-5,7-8,13H2,1H3,(H,14,15,16). The third kappa shape index (κ3) is 4.30. The molecule has 0 aromatic carbocycles. The molecule has 1 aliphatic rings. The molecule has 0 radical (unpaired) electrons. The van der Waals surface area contributed by atoms with Gasteiger partial charge in [0.05, 0.1) is 6.61 Å². The van der Waals surface area contributed by atoms with E-state index in [1.807, 2.05) is 0 Å². The van der Waals surface area contributed by atoms with Crippen LogP contribution < -0.4 is 16.0 Å². The smallest absolute Gasteiger partial charge is 0.218 e. The van der Waals surface area contributed by atoms with Gasteiger partial charge in [-0.05, 0) is 18.8 Å². The second kappa shape index (κ2) is 7.22. The predicted octanol–water partition coefficient (Wildman–Crippen LogP) is 0.714. The van der Waals surface area contributed by atoms with E-state index in [1.54, 1.807) is 13.2 Å². The fourth-order valence-electron chi connectivity index (χ4n) is 1.93. The molecule has 1 saturated heterocycles. The molecule has 0 atom stereocenters. The zero-order chi connectivity index (χ0) is 13.5. The number of nitrogen functional groups attached to an aromatic ring is 1. The maximum Gasteiger partial charge on any atom is 0.218 e. The van der Waals surface area contributed by atoms with Crippen LogP contribution in [0, 0.1) is 5.92 Å². The number of anilines is 1. The van der Waals surface area contributed by atoms with E-state index in [9.17, 15) is 0 Å². The van der Waals surface area contributed by atoms with Crippen molar-refractivity contribution < 1.29 is 14.2 Å². The van der Waals surface area contributed by atoms with Gasteiger partial charge in [-0.2, -0.15) is 4.98 Å². The number of hydrazine groups is 1. The number of nitrogens with two attached hydrogens (primary N) is 1. The second-order valence-corrected chi connectivity index (χ2v) is 4.45. The molecule has 0 bridgehead atoms. The van der Waals surface area contributed by atoms with Crippen molar-refractivity contribution in [2.45, 2.75) is 19.4 Å². The SMILES string of the molecule is COCc1nc(NN)cc(OCC2CCOCC2)n1. The van der Waals surface area contributed by atoms with Crippen molar-refractivity contribution in [3.05, 3.63) is 11.9 Å². The molecule has 2 rings (SSSR count). The van der Waals surface area contributed by atoms with Crippen molar-refractivity contribution >= 4 is 5.82 Å². The average molecular weight is 268 g/mol. The number of rotatable bonds is 6. The number of ether oxygens (including phenoxy) is 3. The lowest BCUT2D eigenvalue weighted by molar-refractivity contribution is 0.0489. The maximum atomic E-state index is 5.72. The summed E-state index contributed by atoms with van der Waals surface area (Å²) >= 11 is 0. The van der Waals surface area contributed by atoms with E-state index in [4.69, 9.17) is 20.1 Å². The summed E-state index contributed by atoms with van der Waals surface area (Å²) in [7, 11) is 1.59. The average Bonchev–Trinajstić information content (AvgIpc) is 2.46. The van der Waals surface area contributed by atoms with Crippen molar-refractivity contribution in [3.63, 3.8) is 0 Å². The Hall–Kier alpha value is -1.44. The van der Waals surface area contributed by atoms with E-state index in [-0.39, 0.29) is 0 Å². The van der Waals surface area contributed by atoms with Crippen LogP contribution in [0.1, 0.15) is 18.7 Å². The van der Waals surface area contributed by atoms with E-state index in [0.29, 0.717) is 36.7 Å². The summed E-state index contributed by atoms with van der Waals surface area (Å²) in [4.78, 5) is 8.43. The quantitative estimate of drug-likeness (QED) is 0.580. The van der Waals surface area contributed by atoms with Crippen LogP contribution in [-0.2, 0) is 16.1 Å². The summed E-state index contributed by atoms with van der Waals surface area (Å²) in [5.74, 6) is 7.46. The molecule has 7 nitrogen and oxygen atoms in total. The van der Waals surface area contributed by atoms with Crippen LogP contribution in [0.25, 0.3) is 0 Å². The van der Waals surface area contributed by atoms with E-state index in [1.165, 1.54) is 0 Å². The molecule has 1 fully saturated rings.